The number of nitrogens with two attached hydrogens (primary N) is 1. The van der Waals surface area contributed by atoms with Crippen molar-refractivity contribution in [3.8, 4) is 0 Å². The van der Waals surface area contributed by atoms with Crippen LogP contribution >= 0.6 is 35.5 Å². The van der Waals surface area contributed by atoms with Crippen LogP contribution < -0.4 is 25.8 Å². The number of rotatable bonds is 16. The fraction of sp³-hybridized carbons (Fsp3) is 0.429. The van der Waals surface area contributed by atoms with Crippen molar-refractivity contribution in [2.45, 2.75) is 93.8 Å². The SMILES string of the molecule is CC(C)(O)c1ccc(N2CCN(S(=O)(=O)c3ccc(N)c(F)c3)CC2)cc1.CC(C)(O)c1ccc(N2CCN(S(=O)(=O)c3ccc([N+](=O)[O-])c(F)c3)CC2)cc1.CC(C)(O)c1ccc(N2CCNCC2)cc1.CCN(CC)CC.Cl.Cl.O=[N+]([O-])c1ccc(S(=O)(=O)Cl)cc1F. The van der Waals surface area contributed by atoms with Crippen molar-refractivity contribution in [3.63, 3.8) is 0 Å². The van der Waals surface area contributed by atoms with E-state index in [9.17, 15) is 74.0 Å². The molecule has 0 saturated carbocycles. The molecule has 0 bridgehead atoms. The minimum atomic E-state index is -4.06. The molecule has 3 heterocycles. The molecule has 6 aromatic carbocycles. The van der Waals surface area contributed by atoms with E-state index in [2.05, 4.69) is 52.9 Å². The van der Waals surface area contributed by atoms with Gasteiger partial charge in [0.15, 0.2) is 0 Å². The van der Waals surface area contributed by atoms with Crippen molar-refractivity contribution >= 4 is 98.7 Å². The average molecular weight is 1450 g/mol. The van der Waals surface area contributed by atoms with E-state index in [1.54, 1.807) is 27.7 Å². The van der Waals surface area contributed by atoms with Gasteiger partial charge >= 0.3 is 11.4 Å². The van der Waals surface area contributed by atoms with E-state index in [-0.39, 0.29) is 53.4 Å². The summed E-state index contributed by atoms with van der Waals surface area (Å²) in [5, 5.41) is 54.2. The molecule has 9 rings (SSSR count). The number of nitro benzene ring substituents is 2. The number of halogens is 6. The zero-order valence-electron chi connectivity index (χ0n) is 54.4. The molecular weight excluding hydrogens is 1360 g/mol. The van der Waals surface area contributed by atoms with Crippen LogP contribution in [0.5, 0.6) is 0 Å². The van der Waals surface area contributed by atoms with Crippen molar-refractivity contribution in [2.75, 3.05) is 119 Å². The van der Waals surface area contributed by atoms with Gasteiger partial charge in [-0.1, -0.05) is 57.2 Å². The molecule has 3 aliphatic heterocycles. The standard InChI is InChI=1S/C19H22FN3O5S.C19H24FN3O3S.C13H20N2O.C6H3ClFNO4S.C6H15N.2ClH/c1-19(2,24)14-3-5-15(6-4-14)21-9-11-22(12-10-21)29(27,28)16-7-8-18(23(25)26)17(20)13-16;1-19(2,24)14-3-5-15(6-4-14)22-9-11-23(12-10-22)27(25,26)16-7-8-18(21)17(20)13-16;1-13(2,16)11-3-5-12(6-4-11)15-9-7-14-8-10-15;7-14(12,13)4-1-2-6(9(10)11)5(8)3-4;1-4-7(5-2)6-3;;/h3-8,13,24H,9-12H2,1-2H3;3-8,13,24H,9-12,21H2,1-2H3;3-6,14,16H,7-10H2,1-2H3;1-3H;4-6H2,1-3H3;2*1H. The molecule has 0 unspecified atom stereocenters. The van der Waals surface area contributed by atoms with Crippen molar-refractivity contribution in [1.29, 1.82) is 0 Å². The number of benzene rings is 6. The number of aliphatic hydroxyl groups is 3. The van der Waals surface area contributed by atoms with Gasteiger partial charge in [-0.05, 0) is 145 Å². The highest BCUT2D eigenvalue weighted by atomic mass is 35.7. The van der Waals surface area contributed by atoms with E-state index in [1.807, 2.05) is 79.4 Å². The number of anilines is 4. The lowest BCUT2D eigenvalue weighted by Crippen LogP contribution is -2.48. The summed E-state index contributed by atoms with van der Waals surface area (Å²) in [7, 11) is -6.86. The van der Waals surface area contributed by atoms with Crippen molar-refractivity contribution in [3.05, 3.63) is 182 Å². The maximum Gasteiger partial charge on any atom is 0.304 e. The molecule has 526 valence electrons. The Hall–Kier alpha value is -6.45. The number of sulfonamides is 2. The molecule has 6 N–H and O–H groups in total. The highest BCUT2D eigenvalue weighted by Gasteiger charge is 2.32. The van der Waals surface area contributed by atoms with Crippen molar-refractivity contribution < 1.29 is 63.6 Å². The minimum Gasteiger partial charge on any atom is -0.396 e. The summed E-state index contributed by atoms with van der Waals surface area (Å²) in [5.74, 6) is -3.15. The molecule has 3 fully saturated rings. The van der Waals surface area contributed by atoms with Crippen LogP contribution in [0.15, 0.2) is 142 Å². The van der Waals surface area contributed by atoms with Gasteiger partial charge in [-0.3, -0.25) is 20.2 Å². The molecule has 6 aromatic rings. The van der Waals surface area contributed by atoms with E-state index in [0.717, 1.165) is 84.6 Å². The summed E-state index contributed by atoms with van der Waals surface area (Å²) in [5.41, 5.74) is 6.89. The predicted molar refractivity (Wildman–Crippen MR) is 370 cm³/mol. The fourth-order valence-corrected chi connectivity index (χ4v) is 13.4. The molecule has 0 radical (unpaired) electrons. The van der Waals surface area contributed by atoms with Gasteiger partial charge in [0.1, 0.15) is 5.82 Å². The smallest absolute Gasteiger partial charge is 0.304 e. The first-order valence-electron chi connectivity index (χ1n) is 29.9. The molecule has 0 amide bonds. The van der Waals surface area contributed by atoms with E-state index >= 15 is 0 Å². The highest BCUT2D eigenvalue weighted by molar-refractivity contribution is 8.13. The van der Waals surface area contributed by atoms with Gasteiger partial charge in [0, 0.05) is 131 Å². The van der Waals surface area contributed by atoms with Crippen LogP contribution in [0.25, 0.3) is 0 Å². The van der Waals surface area contributed by atoms with Crippen LogP contribution in [0.3, 0.4) is 0 Å². The first kappa shape index (κ1) is 82.8. The third-order valence-electron chi connectivity index (χ3n) is 15.5. The Bertz CT molecular complexity index is 3810. The Labute approximate surface area is 571 Å². The lowest BCUT2D eigenvalue weighted by atomic mass is 9.98. The fourth-order valence-electron chi connectivity index (χ4n) is 9.76. The number of piperazine rings is 3. The second kappa shape index (κ2) is 35.7. The Morgan fingerprint density at radius 3 is 1.03 bits per heavy atom. The van der Waals surface area contributed by atoms with Crippen molar-refractivity contribution in [2.24, 2.45) is 0 Å². The Morgan fingerprint density at radius 1 is 0.484 bits per heavy atom. The monoisotopic (exact) mass is 1450 g/mol. The Morgan fingerprint density at radius 2 is 0.768 bits per heavy atom. The average Bonchev–Trinajstić information content (AvgIpc) is 0.804. The molecule has 95 heavy (non-hydrogen) atoms. The number of nitro groups is 2. The number of nitrogens with zero attached hydrogens (tertiary/aromatic N) is 8. The van der Waals surface area contributed by atoms with Crippen LogP contribution in [0.4, 0.5) is 47.3 Å². The largest absolute Gasteiger partial charge is 0.396 e. The molecule has 3 saturated heterocycles. The van der Waals surface area contributed by atoms with Crippen molar-refractivity contribution in [1.82, 2.24) is 18.8 Å². The quantitative estimate of drug-likeness (QED) is 0.0260. The second-order valence-corrected chi connectivity index (χ2v) is 29.8. The maximum absolute atomic E-state index is 13.8. The first-order chi connectivity index (χ1) is 43.3. The molecule has 0 aliphatic carbocycles. The van der Waals surface area contributed by atoms with Gasteiger partial charge in [-0.15, -0.1) is 24.8 Å². The molecular formula is C63H86Cl3F3N10O13S3. The Balaban J connectivity index is 0.000000328. The van der Waals surface area contributed by atoms with Gasteiger partial charge in [-0.25, -0.2) is 29.6 Å². The number of nitrogens with one attached hydrogen (secondary N) is 1. The topological polar surface area (TPSA) is 307 Å². The molecule has 23 nitrogen and oxygen atoms in total. The van der Waals surface area contributed by atoms with Gasteiger partial charge in [0.25, 0.3) is 9.05 Å². The van der Waals surface area contributed by atoms with Crippen LogP contribution in [0, 0.1) is 37.7 Å². The normalized spacial score (nSPS) is 15.0. The molecule has 0 spiro atoms. The summed E-state index contributed by atoms with van der Waals surface area (Å²) < 4.78 is 115. The third-order valence-corrected chi connectivity index (χ3v) is 20.7. The van der Waals surface area contributed by atoms with E-state index < -0.39 is 89.5 Å². The van der Waals surface area contributed by atoms with Crippen LogP contribution in [0.2, 0.25) is 0 Å². The first-order valence-corrected chi connectivity index (χ1v) is 35.1. The molecule has 3 aliphatic rings. The van der Waals surface area contributed by atoms with Gasteiger partial charge in [0.05, 0.1) is 47.0 Å². The molecule has 0 atom stereocenters. The summed E-state index contributed by atoms with van der Waals surface area (Å²) in [6, 6.07) is 31.5. The highest BCUT2D eigenvalue weighted by Crippen LogP contribution is 2.30. The van der Waals surface area contributed by atoms with Gasteiger partial charge in [0.2, 0.25) is 31.7 Å². The third kappa shape index (κ3) is 23.7. The van der Waals surface area contributed by atoms with Crippen LogP contribution in [-0.2, 0) is 45.9 Å². The summed E-state index contributed by atoms with van der Waals surface area (Å²) in [6.07, 6.45) is 0. The number of hydrogen-bond acceptors (Lipinski definition) is 19. The molecule has 0 aromatic heterocycles. The van der Waals surface area contributed by atoms with Crippen LogP contribution in [0.1, 0.15) is 79.0 Å². The summed E-state index contributed by atoms with van der Waals surface area (Å²) in [6.45, 7) is 27.8. The zero-order valence-corrected chi connectivity index (χ0v) is 59.2. The predicted octanol–water partition coefficient (Wildman–Crippen LogP) is 9.80. The van der Waals surface area contributed by atoms with Crippen LogP contribution in [-0.4, -0.2) is 162 Å². The number of hydrogen-bond donors (Lipinski definition) is 5. The lowest BCUT2D eigenvalue weighted by molar-refractivity contribution is -0.387. The van der Waals surface area contributed by atoms with Gasteiger partial charge in [-0.2, -0.15) is 17.4 Å². The molecule has 32 heteroatoms. The Kier molecular flexibility index (Phi) is 31.1. The summed E-state index contributed by atoms with van der Waals surface area (Å²) in [4.78, 5) is 27.0. The number of nitrogen functional groups attached to an aromatic ring is 1. The second-order valence-electron chi connectivity index (χ2n) is 23.3. The lowest BCUT2D eigenvalue weighted by Gasteiger charge is -2.35. The van der Waals surface area contributed by atoms with E-state index in [1.165, 1.54) is 46.1 Å². The summed E-state index contributed by atoms with van der Waals surface area (Å²) >= 11 is 0. The van der Waals surface area contributed by atoms with E-state index in [4.69, 9.17) is 16.4 Å². The van der Waals surface area contributed by atoms with Gasteiger partial charge < -0.3 is 46.0 Å². The minimum absolute atomic E-state index is 0. The zero-order chi connectivity index (χ0) is 69.4. The maximum atomic E-state index is 13.8. The van der Waals surface area contributed by atoms with E-state index in [0.29, 0.717) is 51.4 Å².